The van der Waals surface area contributed by atoms with Gasteiger partial charge in [-0.15, -0.1) is 0 Å². The molecule has 2 heteroatoms. The number of hydrogen-bond acceptors (Lipinski definition) is 0. The summed E-state index contributed by atoms with van der Waals surface area (Å²) in [5.41, 5.74) is 3.07. The fraction of sp³-hybridized carbons (Fsp3) is 0.500. The van der Waals surface area contributed by atoms with E-state index in [0.717, 1.165) is 11.8 Å². The van der Waals surface area contributed by atoms with Crippen LogP contribution in [-0.4, -0.2) is 7.28 Å². The van der Waals surface area contributed by atoms with Gasteiger partial charge in [0.25, 0.3) is 0 Å². The van der Waals surface area contributed by atoms with Crippen LogP contribution in [0.4, 0.5) is 0 Å². The Morgan fingerprint density at radius 1 is 1.19 bits per heavy atom. The van der Waals surface area contributed by atoms with Crippen LogP contribution in [0.1, 0.15) is 30.7 Å². The first-order valence-corrected chi connectivity index (χ1v) is 6.10. The molecule has 0 aromatic heterocycles. The minimum Gasteiger partial charge on any atom is -0.340 e. The zero-order chi connectivity index (χ0) is 10.3. The van der Waals surface area contributed by atoms with E-state index in [4.69, 9.17) is 0 Å². The van der Waals surface area contributed by atoms with Crippen LogP contribution in [-0.2, 0) is 32.7 Å². The molecule has 0 nitrogen and oxygen atoms in total. The molecule has 1 saturated carbocycles. The van der Waals surface area contributed by atoms with Crippen molar-refractivity contribution in [3.8, 4) is 0 Å². The van der Waals surface area contributed by atoms with Gasteiger partial charge in [0.15, 0.2) is 7.28 Å². The number of hydrogen-bond donors (Lipinski definition) is 0. The molecule has 1 heterocycles. The van der Waals surface area contributed by atoms with Crippen molar-refractivity contribution in [2.24, 2.45) is 11.8 Å². The standard InChI is InChI=1S/C14H17B.Y/c1-10-8-11-6-7-15-14-5-3-2-4-12(14)13(11)9-10;/h2-5,10-11,13H,1,6-9H2;/q-1;. The van der Waals surface area contributed by atoms with Crippen molar-refractivity contribution in [3.05, 3.63) is 36.8 Å². The summed E-state index contributed by atoms with van der Waals surface area (Å²) in [6, 6.07) is 8.94. The SMILES string of the molecule is [CH2-]C1CC2CC[B]c3ccccc3C2C1.[Y]. The van der Waals surface area contributed by atoms with E-state index in [9.17, 15) is 0 Å². The molecular weight excluding hydrogens is 268 g/mol. The van der Waals surface area contributed by atoms with E-state index in [1.54, 1.807) is 5.56 Å². The van der Waals surface area contributed by atoms with Gasteiger partial charge < -0.3 is 6.92 Å². The monoisotopic (exact) mass is 285 g/mol. The Hall–Kier alpha value is 0.389. The molecule has 80 valence electrons. The van der Waals surface area contributed by atoms with E-state index in [1.807, 2.05) is 0 Å². The van der Waals surface area contributed by atoms with E-state index < -0.39 is 0 Å². The molecule has 0 saturated heterocycles. The average Bonchev–Trinajstić information content (AvgIpc) is 2.52. The van der Waals surface area contributed by atoms with Gasteiger partial charge in [0, 0.05) is 32.7 Å². The van der Waals surface area contributed by atoms with Gasteiger partial charge in [-0.05, 0) is 11.8 Å². The van der Waals surface area contributed by atoms with Crippen molar-refractivity contribution in [1.82, 2.24) is 0 Å². The maximum absolute atomic E-state index is 4.25. The van der Waals surface area contributed by atoms with Crippen molar-refractivity contribution in [2.45, 2.75) is 31.5 Å². The molecule has 3 unspecified atom stereocenters. The number of rotatable bonds is 0. The normalized spacial score (nSPS) is 31.7. The Morgan fingerprint density at radius 2 is 2.00 bits per heavy atom. The minimum atomic E-state index is 0. The third kappa shape index (κ3) is 2.31. The van der Waals surface area contributed by atoms with Crippen molar-refractivity contribution in [2.75, 3.05) is 0 Å². The van der Waals surface area contributed by atoms with E-state index in [2.05, 4.69) is 38.5 Å². The van der Waals surface area contributed by atoms with Gasteiger partial charge >= 0.3 is 0 Å². The average molecular weight is 285 g/mol. The molecule has 0 N–H and O–H groups in total. The van der Waals surface area contributed by atoms with Crippen LogP contribution in [0.3, 0.4) is 0 Å². The molecule has 1 fully saturated rings. The number of fused-ring (bicyclic) bond motifs is 3. The summed E-state index contributed by atoms with van der Waals surface area (Å²) in [6.45, 7) is 4.25. The Balaban J connectivity index is 0.000000963. The molecule has 0 bridgehead atoms. The van der Waals surface area contributed by atoms with E-state index >= 15 is 0 Å². The fourth-order valence-corrected chi connectivity index (χ4v) is 3.43. The molecule has 1 aliphatic carbocycles. The molecule has 16 heavy (non-hydrogen) atoms. The van der Waals surface area contributed by atoms with E-state index in [1.165, 1.54) is 31.0 Å². The van der Waals surface area contributed by atoms with Gasteiger partial charge in [-0.1, -0.05) is 60.9 Å². The Morgan fingerprint density at radius 3 is 2.88 bits per heavy atom. The van der Waals surface area contributed by atoms with E-state index in [-0.39, 0.29) is 32.7 Å². The Kier molecular flexibility index (Phi) is 4.30. The Bertz CT molecular complexity index is 364. The minimum absolute atomic E-state index is 0. The van der Waals surface area contributed by atoms with Crippen molar-refractivity contribution in [3.63, 3.8) is 0 Å². The predicted molar refractivity (Wildman–Crippen MR) is 65.6 cm³/mol. The van der Waals surface area contributed by atoms with Crippen LogP contribution in [0.25, 0.3) is 0 Å². The largest absolute Gasteiger partial charge is 0.340 e. The van der Waals surface area contributed by atoms with Crippen molar-refractivity contribution < 1.29 is 32.7 Å². The molecule has 0 spiro atoms. The summed E-state index contributed by atoms with van der Waals surface area (Å²) >= 11 is 0. The molecular formula is C14H17BY-. The second-order valence-electron chi connectivity index (χ2n) is 5.11. The maximum Gasteiger partial charge on any atom is 0.152 e. The summed E-state index contributed by atoms with van der Waals surface area (Å²) in [4.78, 5) is 0. The van der Waals surface area contributed by atoms with E-state index in [0.29, 0.717) is 5.92 Å². The molecule has 3 atom stereocenters. The molecule has 0 amide bonds. The molecule has 2 aliphatic rings. The van der Waals surface area contributed by atoms with Crippen LogP contribution in [0.2, 0.25) is 6.32 Å². The van der Waals surface area contributed by atoms with Crippen molar-refractivity contribution in [1.29, 1.82) is 0 Å². The smallest absolute Gasteiger partial charge is 0.152 e. The summed E-state index contributed by atoms with van der Waals surface area (Å²) < 4.78 is 0. The molecule has 1 aromatic rings. The summed E-state index contributed by atoms with van der Waals surface area (Å²) in [5, 5.41) is 0. The number of benzene rings is 1. The van der Waals surface area contributed by atoms with Crippen LogP contribution in [0, 0.1) is 18.8 Å². The topological polar surface area (TPSA) is 0 Å². The third-order valence-electron chi connectivity index (χ3n) is 4.09. The summed E-state index contributed by atoms with van der Waals surface area (Å²) in [6.07, 6.45) is 5.26. The third-order valence-corrected chi connectivity index (χ3v) is 4.09. The van der Waals surface area contributed by atoms with Gasteiger partial charge in [0.1, 0.15) is 0 Å². The van der Waals surface area contributed by atoms with Crippen LogP contribution in [0.5, 0.6) is 0 Å². The van der Waals surface area contributed by atoms with Gasteiger partial charge in [-0.25, -0.2) is 0 Å². The zero-order valence-electron chi connectivity index (χ0n) is 9.73. The zero-order valence-corrected chi connectivity index (χ0v) is 12.6. The first-order chi connectivity index (χ1) is 7.34. The van der Waals surface area contributed by atoms with Crippen molar-refractivity contribution >= 4 is 12.7 Å². The van der Waals surface area contributed by atoms with Gasteiger partial charge in [0.2, 0.25) is 0 Å². The summed E-state index contributed by atoms with van der Waals surface area (Å²) in [7, 11) is 2.42. The molecule has 1 aromatic carbocycles. The molecule has 3 rings (SSSR count). The molecule has 2 radical (unpaired) electrons. The second kappa shape index (κ2) is 5.36. The first-order valence-electron chi connectivity index (χ1n) is 6.10. The molecule has 1 aliphatic heterocycles. The fourth-order valence-electron chi connectivity index (χ4n) is 3.43. The Labute approximate surface area is 125 Å². The van der Waals surface area contributed by atoms with Crippen LogP contribution in [0.15, 0.2) is 24.3 Å². The maximum atomic E-state index is 4.25. The summed E-state index contributed by atoms with van der Waals surface area (Å²) in [5.74, 6) is 2.38. The van der Waals surface area contributed by atoms with Gasteiger partial charge in [-0.2, -0.15) is 5.92 Å². The van der Waals surface area contributed by atoms with Crippen LogP contribution < -0.4 is 5.46 Å². The first kappa shape index (κ1) is 12.8. The van der Waals surface area contributed by atoms with Gasteiger partial charge in [-0.3, -0.25) is 0 Å². The van der Waals surface area contributed by atoms with Gasteiger partial charge in [0.05, 0.1) is 0 Å². The predicted octanol–water partition coefficient (Wildman–Crippen LogP) is 2.78. The van der Waals surface area contributed by atoms with Crippen LogP contribution >= 0.6 is 0 Å². The quantitative estimate of drug-likeness (QED) is 0.508. The second-order valence-corrected chi connectivity index (χ2v) is 5.11.